The van der Waals surface area contributed by atoms with E-state index in [-0.39, 0.29) is 5.75 Å². The van der Waals surface area contributed by atoms with Crippen LogP contribution in [0.1, 0.15) is 0 Å². The molecule has 1 saturated heterocycles. The Morgan fingerprint density at radius 3 is 2.58 bits per heavy atom. The molecule has 9 heteroatoms. The number of aliphatic hydroxyl groups is 3. The van der Waals surface area contributed by atoms with Gasteiger partial charge in [-0.05, 0) is 12.1 Å². The monoisotopic (exact) mass is 339 g/mol. The van der Waals surface area contributed by atoms with E-state index < -0.39 is 36.7 Å². The molecule has 0 saturated carbocycles. The van der Waals surface area contributed by atoms with Gasteiger partial charge in [-0.2, -0.15) is 0 Å². The van der Waals surface area contributed by atoms with Crippen molar-refractivity contribution < 1.29 is 39.4 Å². The van der Waals surface area contributed by atoms with Gasteiger partial charge in [0.25, 0.3) is 0 Å². The fourth-order valence-electron chi connectivity index (χ4n) is 2.59. The molecule has 1 fully saturated rings. The molecule has 0 bridgehead atoms. The minimum absolute atomic E-state index is 0.196. The highest BCUT2D eigenvalue weighted by Gasteiger charge is 2.48. The normalized spacial score (nSPS) is 30.2. The highest BCUT2D eigenvalue weighted by Crippen LogP contribution is 2.34. The Balaban J connectivity index is 1.90. The van der Waals surface area contributed by atoms with Crippen molar-refractivity contribution in [2.24, 2.45) is 0 Å². The van der Waals surface area contributed by atoms with Crippen LogP contribution in [0, 0.1) is 0 Å². The summed E-state index contributed by atoms with van der Waals surface area (Å²) in [4.78, 5) is 14.1. The van der Waals surface area contributed by atoms with Crippen LogP contribution in [0.4, 0.5) is 0 Å². The third-order valence-corrected chi connectivity index (χ3v) is 3.89. The average Bonchev–Trinajstić information content (AvgIpc) is 3.01. The number of hydrogen-bond acceptors (Lipinski definition) is 7. The zero-order valence-electron chi connectivity index (χ0n) is 12.6. The van der Waals surface area contributed by atoms with Crippen LogP contribution in [0.5, 0.6) is 11.5 Å². The summed E-state index contributed by atoms with van der Waals surface area (Å²) in [6, 6.07) is 5.08. The minimum atomic E-state index is -1.77. The van der Waals surface area contributed by atoms with Crippen LogP contribution in [0.25, 0.3) is 10.9 Å². The molecule has 1 aliphatic rings. The largest absolute Gasteiger partial charge is 0.493 e. The molecule has 0 amide bonds. The molecule has 1 aromatic carbocycles. The van der Waals surface area contributed by atoms with Crippen molar-refractivity contribution >= 4 is 16.9 Å². The van der Waals surface area contributed by atoms with Crippen LogP contribution in [0.3, 0.4) is 0 Å². The molecule has 130 valence electrons. The molecule has 3 rings (SSSR count). The maximum absolute atomic E-state index is 11.1. The van der Waals surface area contributed by atoms with Crippen LogP contribution in [-0.2, 0) is 9.53 Å². The first-order valence-electron chi connectivity index (χ1n) is 7.16. The zero-order valence-corrected chi connectivity index (χ0v) is 12.6. The third-order valence-electron chi connectivity index (χ3n) is 3.89. The van der Waals surface area contributed by atoms with Gasteiger partial charge < -0.3 is 39.6 Å². The van der Waals surface area contributed by atoms with Crippen LogP contribution >= 0.6 is 0 Å². The number of benzene rings is 1. The summed E-state index contributed by atoms with van der Waals surface area (Å²) in [6.45, 7) is 0. The van der Waals surface area contributed by atoms with E-state index in [9.17, 15) is 20.1 Å². The van der Waals surface area contributed by atoms with Gasteiger partial charge in [-0.1, -0.05) is 0 Å². The fourth-order valence-corrected chi connectivity index (χ4v) is 2.59. The first-order valence-corrected chi connectivity index (χ1v) is 7.16. The van der Waals surface area contributed by atoms with E-state index in [1.807, 2.05) is 0 Å². The van der Waals surface area contributed by atoms with Crippen molar-refractivity contribution in [1.29, 1.82) is 0 Å². The number of aromatic nitrogens is 1. The number of nitrogens with one attached hydrogen (secondary N) is 1. The third kappa shape index (κ3) is 2.78. The highest BCUT2D eigenvalue weighted by atomic mass is 16.7. The number of ether oxygens (including phenoxy) is 3. The number of aliphatic carboxylic acids is 1. The summed E-state index contributed by atoms with van der Waals surface area (Å²) >= 11 is 0. The summed E-state index contributed by atoms with van der Waals surface area (Å²) < 4.78 is 15.8. The molecular formula is C15H17NO8. The van der Waals surface area contributed by atoms with Crippen molar-refractivity contribution in [3.05, 3.63) is 24.4 Å². The van der Waals surface area contributed by atoms with E-state index in [1.165, 1.54) is 7.11 Å². The van der Waals surface area contributed by atoms with E-state index in [1.54, 1.807) is 24.4 Å². The molecule has 1 aromatic heterocycles. The van der Waals surface area contributed by atoms with Crippen molar-refractivity contribution in [3.8, 4) is 11.5 Å². The number of H-pyrrole nitrogens is 1. The summed E-state index contributed by atoms with van der Waals surface area (Å²) in [5, 5.41) is 39.3. The second kappa shape index (κ2) is 6.29. The van der Waals surface area contributed by atoms with Crippen LogP contribution < -0.4 is 9.47 Å². The van der Waals surface area contributed by atoms with E-state index in [2.05, 4.69) is 4.98 Å². The number of aromatic amines is 1. The Morgan fingerprint density at radius 2 is 1.92 bits per heavy atom. The number of rotatable bonds is 4. The molecule has 5 atom stereocenters. The molecule has 2 heterocycles. The number of fused-ring (bicyclic) bond motifs is 1. The van der Waals surface area contributed by atoms with Crippen LogP contribution in [-0.4, -0.2) is 69.2 Å². The lowest BCUT2D eigenvalue weighted by Gasteiger charge is -2.38. The SMILES string of the molecule is COc1cc2[nH]ccc2cc1OC1OC(C(=O)O)C(O)C(O)C1O. The Kier molecular flexibility index (Phi) is 4.33. The maximum Gasteiger partial charge on any atom is 0.335 e. The second-order valence-electron chi connectivity index (χ2n) is 5.42. The van der Waals surface area contributed by atoms with Gasteiger partial charge >= 0.3 is 5.97 Å². The first-order chi connectivity index (χ1) is 11.4. The molecule has 1 aliphatic heterocycles. The van der Waals surface area contributed by atoms with Gasteiger partial charge in [0.05, 0.1) is 7.11 Å². The van der Waals surface area contributed by atoms with Crippen LogP contribution in [0.15, 0.2) is 24.4 Å². The molecular weight excluding hydrogens is 322 g/mol. The molecule has 0 radical (unpaired) electrons. The van der Waals surface area contributed by atoms with Gasteiger partial charge in [0.2, 0.25) is 6.29 Å². The summed E-state index contributed by atoms with van der Waals surface area (Å²) in [7, 11) is 1.42. The Bertz CT molecular complexity index is 744. The zero-order chi connectivity index (χ0) is 17.4. The molecule has 5 unspecified atom stereocenters. The Morgan fingerprint density at radius 1 is 1.17 bits per heavy atom. The van der Waals surface area contributed by atoms with Gasteiger partial charge in [0.1, 0.15) is 18.3 Å². The van der Waals surface area contributed by atoms with Crippen molar-refractivity contribution in [3.63, 3.8) is 0 Å². The molecule has 24 heavy (non-hydrogen) atoms. The van der Waals surface area contributed by atoms with Gasteiger partial charge in [0.15, 0.2) is 17.6 Å². The van der Waals surface area contributed by atoms with Gasteiger partial charge in [0, 0.05) is 23.2 Å². The quantitative estimate of drug-likeness (QED) is 0.499. The lowest BCUT2D eigenvalue weighted by atomic mass is 9.99. The van der Waals surface area contributed by atoms with Gasteiger partial charge in [-0.15, -0.1) is 0 Å². The van der Waals surface area contributed by atoms with E-state index in [0.29, 0.717) is 5.75 Å². The number of aliphatic hydroxyl groups excluding tert-OH is 3. The van der Waals surface area contributed by atoms with Crippen molar-refractivity contribution in [1.82, 2.24) is 4.98 Å². The minimum Gasteiger partial charge on any atom is -0.493 e. The summed E-state index contributed by atoms with van der Waals surface area (Å²) in [5.41, 5.74) is 0.795. The van der Waals surface area contributed by atoms with Crippen LogP contribution in [0.2, 0.25) is 0 Å². The standard InChI is InChI=1S/C15H17NO8/c1-22-8-5-7-6(2-3-16-7)4-9(8)23-15-12(19)10(17)11(18)13(24-15)14(20)21/h2-5,10-13,15-19H,1H3,(H,20,21). The fraction of sp³-hybridized carbons (Fsp3) is 0.400. The number of carboxylic acid groups (broad SMARTS) is 1. The predicted molar refractivity (Wildman–Crippen MR) is 79.8 cm³/mol. The topological polar surface area (TPSA) is 141 Å². The van der Waals surface area contributed by atoms with Gasteiger partial charge in [-0.3, -0.25) is 0 Å². The number of methoxy groups -OCH3 is 1. The molecule has 5 N–H and O–H groups in total. The molecule has 2 aromatic rings. The molecule has 0 spiro atoms. The lowest BCUT2D eigenvalue weighted by Crippen LogP contribution is -2.61. The smallest absolute Gasteiger partial charge is 0.335 e. The number of carboxylic acids is 1. The second-order valence-corrected chi connectivity index (χ2v) is 5.42. The van der Waals surface area contributed by atoms with E-state index in [4.69, 9.17) is 19.3 Å². The summed E-state index contributed by atoms with van der Waals surface area (Å²) in [5.74, 6) is -0.954. The lowest BCUT2D eigenvalue weighted by molar-refractivity contribution is -0.271. The predicted octanol–water partition coefficient (Wildman–Crippen LogP) is -0.553. The molecule has 0 aliphatic carbocycles. The van der Waals surface area contributed by atoms with E-state index >= 15 is 0 Å². The Labute approximate surface area is 136 Å². The maximum atomic E-state index is 11.1. The number of carbonyl (C=O) groups is 1. The number of hydrogen-bond donors (Lipinski definition) is 5. The summed E-state index contributed by atoms with van der Waals surface area (Å²) in [6.07, 6.45) is -6.63. The molecule has 9 nitrogen and oxygen atoms in total. The first kappa shape index (κ1) is 16.5. The highest BCUT2D eigenvalue weighted by molar-refractivity contribution is 5.83. The van der Waals surface area contributed by atoms with Gasteiger partial charge in [-0.25, -0.2) is 4.79 Å². The Hall–Kier alpha value is -2.33. The van der Waals surface area contributed by atoms with Crippen molar-refractivity contribution in [2.45, 2.75) is 30.7 Å². The average molecular weight is 339 g/mol. The van der Waals surface area contributed by atoms with E-state index in [0.717, 1.165) is 10.9 Å². The van der Waals surface area contributed by atoms with Crippen molar-refractivity contribution in [2.75, 3.05) is 7.11 Å².